The van der Waals surface area contributed by atoms with E-state index in [9.17, 15) is 34.2 Å². The molecule has 13 nitrogen and oxygen atoms in total. The number of rotatable bonds is 20. The van der Waals surface area contributed by atoms with Gasteiger partial charge in [0.15, 0.2) is 0 Å². The summed E-state index contributed by atoms with van der Waals surface area (Å²) >= 11 is 1.32. The van der Waals surface area contributed by atoms with Crippen molar-refractivity contribution in [3.05, 3.63) is 29.2 Å². The number of thiazole rings is 1. The Balaban J connectivity index is 2.73. The smallest absolute Gasteiger partial charge is 0.308 e. The van der Waals surface area contributed by atoms with Crippen LogP contribution in [0.3, 0.4) is 0 Å². The number of aliphatic hydroxyl groups is 2. The number of nitrogens with one attached hydrogen (secondary N) is 3. The molecule has 1 aromatic rings. The van der Waals surface area contributed by atoms with Crippen LogP contribution in [-0.2, 0) is 39.9 Å². The average molecular weight is 655 g/mol. The molecule has 14 heteroatoms. The molecule has 1 aromatic heterocycles. The molecule has 0 fully saturated rings. The van der Waals surface area contributed by atoms with E-state index < -0.39 is 59.6 Å². The normalized spacial score (nSPS) is 14.8. The van der Waals surface area contributed by atoms with Crippen molar-refractivity contribution in [1.82, 2.24) is 20.9 Å². The molecule has 3 amide bonds. The van der Waals surface area contributed by atoms with Crippen molar-refractivity contribution in [2.24, 2.45) is 5.92 Å². The minimum absolute atomic E-state index is 0.000735. The number of unbranched alkanes of at least 4 members (excludes halogenated alkanes) is 1. The molecule has 0 saturated heterocycles. The largest absolute Gasteiger partial charge is 0.461 e. The van der Waals surface area contributed by atoms with Gasteiger partial charge in [0.25, 0.3) is 0 Å². The predicted octanol–water partition coefficient (Wildman–Crippen LogP) is 1.95. The zero-order chi connectivity index (χ0) is 34.2. The highest BCUT2D eigenvalue weighted by Crippen LogP contribution is 2.14. The van der Waals surface area contributed by atoms with Gasteiger partial charge in [-0.05, 0) is 46.5 Å². The first-order chi connectivity index (χ1) is 21.0. The van der Waals surface area contributed by atoms with Gasteiger partial charge in [0.1, 0.15) is 24.3 Å². The van der Waals surface area contributed by atoms with Crippen LogP contribution in [0.15, 0.2) is 23.5 Å². The average Bonchev–Trinajstić information content (AvgIpc) is 3.44. The molecule has 0 radical (unpaired) electrons. The maximum absolute atomic E-state index is 13.2. The second kappa shape index (κ2) is 19.9. The molecule has 0 spiro atoms. The van der Waals surface area contributed by atoms with Gasteiger partial charge in [-0.15, -0.1) is 11.3 Å². The second-order valence-electron chi connectivity index (χ2n) is 12.2. The van der Waals surface area contributed by atoms with Crippen LogP contribution in [0.25, 0.3) is 0 Å². The maximum atomic E-state index is 13.2. The van der Waals surface area contributed by atoms with E-state index in [0.717, 1.165) is 0 Å². The molecule has 0 aliphatic heterocycles. The van der Waals surface area contributed by atoms with E-state index in [0.29, 0.717) is 18.5 Å². The summed E-state index contributed by atoms with van der Waals surface area (Å²) in [6, 6.07) is -2.94. The highest BCUT2D eigenvalue weighted by Gasteiger charge is 2.31. The number of aromatic nitrogens is 1. The summed E-state index contributed by atoms with van der Waals surface area (Å²) in [4.78, 5) is 66.9. The summed E-state index contributed by atoms with van der Waals surface area (Å²) in [6.07, 6.45) is 0.145. The van der Waals surface area contributed by atoms with Gasteiger partial charge in [0.2, 0.25) is 17.7 Å². The Bertz CT molecular complexity index is 1110. The van der Waals surface area contributed by atoms with Gasteiger partial charge < -0.3 is 35.6 Å². The monoisotopic (exact) mass is 654 g/mol. The zero-order valence-electron chi connectivity index (χ0n) is 27.2. The highest BCUT2D eigenvalue weighted by atomic mass is 32.1. The number of esters is 2. The molecule has 0 aromatic carbocycles. The van der Waals surface area contributed by atoms with Crippen molar-refractivity contribution in [3.63, 3.8) is 0 Å². The molecule has 5 N–H and O–H groups in total. The van der Waals surface area contributed by atoms with Crippen molar-refractivity contribution in [1.29, 1.82) is 0 Å². The fraction of sp³-hybridized carbons (Fsp3) is 0.677. The lowest BCUT2D eigenvalue weighted by atomic mass is 9.96. The van der Waals surface area contributed by atoms with E-state index >= 15 is 0 Å². The summed E-state index contributed by atoms with van der Waals surface area (Å²) in [5.41, 5.74) is 1.58. The molecular weight excluding hydrogens is 604 g/mol. The molecule has 3 unspecified atom stereocenters. The van der Waals surface area contributed by atoms with Crippen molar-refractivity contribution in [2.75, 3.05) is 6.61 Å². The van der Waals surface area contributed by atoms with Crippen molar-refractivity contribution in [3.8, 4) is 0 Å². The third kappa shape index (κ3) is 17.1. The van der Waals surface area contributed by atoms with Crippen LogP contribution >= 0.6 is 11.3 Å². The standard InChI is InChI=1S/C31H50N4O9S/c1-8-13-43-27(40)16-24(37)28(19(2)3)35-29(41)20(4)33-30(42)23(14-21-17-45-18-32-21)34-25(38)15-22(36)11-9-10-12-26(39)44-31(5,6)7/h8,17-20,22-24,28,36-37H,1,9-16H2,2-7H3,(H,33,42)(H,34,38)(H,35,41)/t20?,22-,23-,24?,28?/m1/s1. The second-order valence-corrected chi connectivity index (χ2v) is 13.0. The Morgan fingerprint density at radius 3 is 2.27 bits per heavy atom. The van der Waals surface area contributed by atoms with Crippen LogP contribution in [0.5, 0.6) is 0 Å². The number of aliphatic hydroxyl groups excluding tert-OH is 2. The molecule has 0 saturated carbocycles. The van der Waals surface area contributed by atoms with Gasteiger partial charge in [0.05, 0.1) is 42.3 Å². The summed E-state index contributed by atoms with van der Waals surface area (Å²) in [7, 11) is 0. The Morgan fingerprint density at radius 1 is 1.00 bits per heavy atom. The van der Waals surface area contributed by atoms with Gasteiger partial charge >= 0.3 is 11.9 Å². The van der Waals surface area contributed by atoms with E-state index in [1.807, 2.05) is 0 Å². The van der Waals surface area contributed by atoms with Crippen LogP contribution in [-0.4, -0.2) is 87.4 Å². The Kier molecular flexibility index (Phi) is 17.5. The Labute approximate surface area is 269 Å². The quantitative estimate of drug-likeness (QED) is 0.0788. The van der Waals surface area contributed by atoms with Crippen molar-refractivity contribution < 1.29 is 43.7 Å². The van der Waals surface area contributed by atoms with Crippen molar-refractivity contribution >= 4 is 41.0 Å². The van der Waals surface area contributed by atoms with E-state index in [1.165, 1.54) is 24.3 Å². The number of amides is 3. The fourth-order valence-corrected chi connectivity index (χ4v) is 4.82. The summed E-state index contributed by atoms with van der Waals surface area (Å²) in [5.74, 6) is -3.02. The third-order valence-corrected chi connectivity index (χ3v) is 7.12. The van der Waals surface area contributed by atoms with Crippen LogP contribution in [0.4, 0.5) is 0 Å². The number of nitrogens with zero attached hydrogens (tertiary/aromatic N) is 1. The first kappa shape index (κ1) is 39.7. The molecular formula is C31H50N4O9S. The van der Waals surface area contributed by atoms with E-state index in [4.69, 9.17) is 9.47 Å². The molecule has 5 atom stereocenters. The lowest BCUT2D eigenvalue weighted by Crippen LogP contribution is -2.56. The molecule has 1 heterocycles. The molecule has 254 valence electrons. The van der Waals surface area contributed by atoms with Crippen LogP contribution < -0.4 is 16.0 Å². The van der Waals surface area contributed by atoms with Gasteiger partial charge in [-0.25, -0.2) is 4.98 Å². The highest BCUT2D eigenvalue weighted by molar-refractivity contribution is 7.07. The number of hydrogen-bond acceptors (Lipinski definition) is 11. The molecule has 0 aliphatic rings. The van der Waals surface area contributed by atoms with Gasteiger partial charge in [0, 0.05) is 18.2 Å². The lowest BCUT2D eigenvalue weighted by molar-refractivity contribution is -0.155. The zero-order valence-corrected chi connectivity index (χ0v) is 28.0. The number of carbonyl (C=O) groups is 5. The van der Waals surface area contributed by atoms with E-state index in [-0.39, 0.29) is 50.6 Å². The van der Waals surface area contributed by atoms with Crippen LogP contribution in [0, 0.1) is 5.92 Å². The first-order valence-electron chi connectivity index (χ1n) is 15.1. The predicted molar refractivity (Wildman–Crippen MR) is 169 cm³/mol. The minimum Gasteiger partial charge on any atom is -0.461 e. The summed E-state index contributed by atoms with van der Waals surface area (Å²) in [6.45, 7) is 13.8. The van der Waals surface area contributed by atoms with E-state index in [1.54, 1.807) is 45.5 Å². The van der Waals surface area contributed by atoms with Crippen molar-refractivity contribution in [2.45, 2.75) is 122 Å². The number of hydrogen-bond donors (Lipinski definition) is 5. The Morgan fingerprint density at radius 2 is 1.69 bits per heavy atom. The number of carbonyl (C=O) groups excluding carboxylic acids is 5. The fourth-order valence-electron chi connectivity index (χ4n) is 4.25. The molecule has 0 aliphatic carbocycles. The van der Waals surface area contributed by atoms with E-state index in [2.05, 4.69) is 27.5 Å². The third-order valence-electron chi connectivity index (χ3n) is 6.49. The molecule has 0 bridgehead atoms. The SMILES string of the molecule is C=CCOC(=O)CC(O)C(NC(=O)C(C)NC(=O)[C@@H](Cc1cscn1)NC(=O)C[C@H](O)CCCCC(=O)OC(C)(C)C)C(C)C. The summed E-state index contributed by atoms with van der Waals surface area (Å²) in [5, 5.41) is 30.6. The lowest BCUT2D eigenvalue weighted by Gasteiger charge is -2.29. The van der Waals surface area contributed by atoms with Crippen LogP contribution in [0.1, 0.15) is 85.8 Å². The number of ether oxygens (including phenoxy) is 2. The summed E-state index contributed by atoms with van der Waals surface area (Å²) < 4.78 is 10.2. The first-order valence-corrected chi connectivity index (χ1v) is 16.1. The minimum atomic E-state index is -1.23. The van der Waals surface area contributed by atoms with Gasteiger partial charge in [-0.3, -0.25) is 24.0 Å². The topological polar surface area (TPSA) is 193 Å². The maximum Gasteiger partial charge on any atom is 0.308 e. The van der Waals surface area contributed by atoms with Gasteiger partial charge in [-0.1, -0.05) is 32.9 Å². The molecule has 45 heavy (non-hydrogen) atoms. The Hall–Kier alpha value is -3.36. The molecule has 1 rings (SSSR count). The van der Waals surface area contributed by atoms with Crippen LogP contribution in [0.2, 0.25) is 0 Å². The van der Waals surface area contributed by atoms with Gasteiger partial charge in [-0.2, -0.15) is 0 Å².